The van der Waals surface area contributed by atoms with Crippen molar-refractivity contribution in [2.45, 2.75) is 32.8 Å². The highest BCUT2D eigenvalue weighted by Crippen LogP contribution is 2.34. The van der Waals surface area contributed by atoms with E-state index in [1.165, 1.54) is 23.0 Å². The minimum Gasteiger partial charge on any atom is -0.486 e. The maximum atomic E-state index is 13.4. The van der Waals surface area contributed by atoms with Crippen molar-refractivity contribution in [3.8, 4) is 5.75 Å². The molecule has 0 aliphatic carbocycles. The number of aryl methyl sites for hydroxylation is 1. The normalized spacial score (nSPS) is 11.5. The molecular weight excluding hydrogens is 556 g/mol. The molecule has 0 atom stereocenters. The average Bonchev–Trinajstić information content (AvgIpc) is 2.82. The molecule has 4 aromatic rings. The number of ether oxygens (including phenoxy) is 1. The topological polar surface area (TPSA) is 56.5 Å². The lowest BCUT2D eigenvalue weighted by molar-refractivity contribution is 0.306. The van der Waals surface area contributed by atoms with Gasteiger partial charge in [-0.1, -0.05) is 64.6 Å². The fourth-order valence-electron chi connectivity index (χ4n) is 3.51. The van der Waals surface area contributed by atoms with Gasteiger partial charge in [-0.05, 0) is 60.0 Å². The lowest BCUT2D eigenvalue weighted by Crippen LogP contribution is -2.22. The summed E-state index contributed by atoms with van der Waals surface area (Å²) >= 11 is 16.2. The van der Waals surface area contributed by atoms with Crippen LogP contribution in [-0.4, -0.2) is 15.9 Å². The molecule has 0 aliphatic rings. The van der Waals surface area contributed by atoms with E-state index in [1.807, 2.05) is 12.1 Å². The van der Waals surface area contributed by atoms with Crippen LogP contribution in [0.25, 0.3) is 10.9 Å². The summed E-state index contributed by atoms with van der Waals surface area (Å²) in [6, 6.07) is 14.8. The molecule has 0 N–H and O–H groups in total. The van der Waals surface area contributed by atoms with E-state index in [-0.39, 0.29) is 33.8 Å². The molecule has 0 amide bonds. The van der Waals surface area contributed by atoms with Crippen molar-refractivity contribution in [2.24, 2.45) is 5.10 Å². The molecule has 0 fully saturated rings. The van der Waals surface area contributed by atoms with Crippen LogP contribution in [0.2, 0.25) is 10.0 Å². The summed E-state index contributed by atoms with van der Waals surface area (Å²) in [5.74, 6) is 0.516. The first-order chi connectivity index (χ1) is 16.9. The summed E-state index contributed by atoms with van der Waals surface area (Å²) < 4.78 is 21.2. The SMILES string of the molecule is CCCCc1nc2ccc(Br)cc2c(=O)n1N=Cc1cc(Cl)c(OCc2cccc(F)c2)c(Cl)c1. The summed E-state index contributed by atoms with van der Waals surface area (Å²) in [6.07, 6.45) is 3.96. The lowest BCUT2D eigenvalue weighted by Gasteiger charge is -2.11. The van der Waals surface area contributed by atoms with Gasteiger partial charge in [-0.2, -0.15) is 9.78 Å². The zero-order valence-electron chi connectivity index (χ0n) is 18.8. The predicted octanol–water partition coefficient (Wildman–Crippen LogP) is 7.41. The summed E-state index contributed by atoms with van der Waals surface area (Å²) in [6.45, 7) is 2.19. The van der Waals surface area contributed by atoms with Crippen molar-refractivity contribution >= 4 is 56.2 Å². The predicted molar refractivity (Wildman–Crippen MR) is 143 cm³/mol. The summed E-state index contributed by atoms with van der Waals surface area (Å²) in [7, 11) is 0. The number of unbranched alkanes of at least 4 members (excludes halogenated alkanes) is 1. The Morgan fingerprint density at radius 2 is 1.91 bits per heavy atom. The molecule has 0 saturated carbocycles. The third kappa shape index (κ3) is 6.10. The van der Waals surface area contributed by atoms with Gasteiger partial charge in [0.1, 0.15) is 18.2 Å². The van der Waals surface area contributed by atoms with Crippen molar-refractivity contribution < 1.29 is 9.13 Å². The van der Waals surface area contributed by atoms with Gasteiger partial charge in [0.25, 0.3) is 5.56 Å². The van der Waals surface area contributed by atoms with Crippen molar-refractivity contribution in [1.82, 2.24) is 9.66 Å². The number of fused-ring (bicyclic) bond motifs is 1. The van der Waals surface area contributed by atoms with E-state index in [0.29, 0.717) is 34.3 Å². The second kappa shape index (κ2) is 11.3. The van der Waals surface area contributed by atoms with E-state index in [2.05, 4.69) is 32.9 Å². The van der Waals surface area contributed by atoms with E-state index in [9.17, 15) is 9.18 Å². The summed E-state index contributed by atoms with van der Waals surface area (Å²) in [4.78, 5) is 17.9. The quantitative estimate of drug-likeness (QED) is 0.205. The number of rotatable bonds is 8. The average molecular weight is 577 g/mol. The molecule has 0 unspecified atom stereocenters. The monoisotopic (exact) mass is 575 g/mol. The molecule has 9 heteroatoms. The molecule has 1 aromatic heterocycles. The van der Waals surface area contributed by atoms with Gasteiger partial charge in [-0.15, -0.1) is 0 Å². The van der Waals surface area contributed by atoms with Gasteiger partial charge < -0.3 is 4.74 Å². The standard InChI is InChI=1S/C26H21BrCl2FN3O2/c1-2-3-7-24-32-23-9-8-18(27)13-20(23)26(34)33(24)31-14-17-11-21(28)25(22(29)12-17)35-15-16-5-4-6-19(30)10-16/h4-6,8-14H,2-3,7,15H2,1H3. The highest BCUT2D eigenvalue weighted by atomic mass is 79.9. The number of benzene rings is 3. The molecule has 0 spiro atoms. The first-order valence-electron chi connectivity index (χ1n) is 11.0. The van der Waals surface area contributed by atoms with Crippen LogP contribution in [-0.2, 0) is 13.0 Å². The molecule has 0 saturated heterocycles. The van der Waals surface area contributed by atoms with Gasteiger partial charge >= 0.3 is 0 Å². The largest absolute Gasteiger partial charge is 0.486 e. The summed E-state index contributed by atoms with van der Waals surface area (Å²) in [5, 5.41) is 5.44. The molecule has 3 aromatic carbocycles. The Kier molecular flexibility index (Phi) is 8.21. The van der Waals surface area contributed by atoms with Gasteiger partial charge in [0.2, 0.25) is 0 Å². The van der Waals surface area contributed by atoms with Gasteiger partial charge in [-0.25, -0.2) is 9.37 Å². The smallest absolute Gasteiger partial charge is 0.282 e. The molecule has 180 valence electrons. The van der Waals surface area contributed by atoms with Crippen LogP contribution in [0.4, 0.5) is 4.39 Å². The Morgan fingerprint density at radius 1 is 1.14 bits per heavy atom. The van der Waals surface area contributed by atoms with E-state index in [0.717, 1.165) is 17.3 Å². The highest BCUT2D eigenvalue weighted by Gasteiger charge is 2.13. The van der Waals surface area contributed by atoms with Crippen molar-refractivity contribution in [2.75, 3.05) is 0 Å². The summed E-state index contributed by atoms with van der Waals surface area (Å²) in [5.41, 5.74) is 1.60. The van der Waals surface area contributed by atoms with Crippen LogP contribution in [0.1, 0.15) is 36.7 Å². The van der Waals surface area contributed by atoms with Crippen molar-refractivity contribution in [1.29, 1.82) is 0 Å². The maximum absolute atomic E-state index is 13.4. The van der Waals surface area contributed by atoms with Crippen molar-refractivity contribution in [3.63, 3.8) is 0 Å². The van der Waals surface area contributed by atoms with Crippen LogP contribution in [0, 0.1) is 5.82 Å². The van der Waals surface area contributed by atoms with Crippen LogP contribution in [0.3, 0.4) is 0 Å². The Labute approximate surface area is 220 Å². The number of nitrogens with zero attached hydrogens (tertiary/aromatic N) is 3. The minimum atomic E-state index is -0.348. The van der Waals surface area contributed by atoms with E-state index >= 15 is 0 Å². The van der Waals surface area contributed by atoms with Crippen LogP contribution >= 0.6 is 39.1 Å². The number of hydrogen-bond donors (Lipinski definition) is 0. The molecule has 5 nitrogen and oxygen atoms in total. The molecule has 0 radical (unpaired) electrons. The third-order valence-corrected chi connectivity index (χ3v) is 6.30. The maximum Gasteiger partial charge on any atom is 0.282 e. The van der Waals surface area contributed by atoms with E-state index < -0.39 is 0 Å². The van der Waals surface area contributed by atoms with E-state index in [4.69, 9.17) is 27.9 Å². The fraction of sp³-hybridized carbons (Fsp3) is 0.192. The molecular formula is C26H21BrCl2FN3O2. The zero-order valence-corrected chi connectivity index (χ0v) is 21.9. The number of aromatic nitrogens is 2. The highest BCUT2D eigenvalue weighted by molar-refractivity contribution is 9.10. The molecule has 1 heterocycles. The van der Waals surface area contributed by atoms with Crippen LogP contribution in [0.15, 0.2) is 69.0 Å². The molecule has 0 aliphatic heterocycles. The molecule has 35 heavy (non-hydrogen) atoms. The number of hydrogen-bond acceptors (Lipinski definition) is 4. The van der Waals surface area contributed by atoms with Gasteiger partial charge in [0, 0.05) is 10.9 Å². The molecule has 4 rings (SSSR count). The third-order valence-electron chi connectivity index (χ3n) is 5.24. The first kappa shape index (κ1) is 25.4. The Morgan fingerprint density at radius 3 is 2.63 bits per heavy atom. The Bertz CT molecular complexity index is 1450. The van der Waals surface area contributed by atoms with Crippen molar-refractivity contribution in [3.05, 3.63) is 102 Å². The second-order valence-electron chi connectivity index (χ2n) is 7.89. The van der Waals surface area contributed by atoms with Gasteiger partial charge in [0.05, 0.1) is 27.2 Å². The van der Waals surface area contributed by atoms with E-state index in [1.54, 1.807) is 30.3 Å². The van der Waals surface area contributed by atoms with Crippen LogP contribution in [0.5, 0.6) is 5.75 Å². The zero-order chi connectivity index (χ0) is 24.9. The first-order valence-corrected chi connectivity index (χ1v) is 12.5. The van der Waals surface area contributed by atoms with Crippen LogP contribution < -0.4 is 10.3 Å². The lowest BCUT2D eigenvalue weighted by atomic mass is 10.2. The Hall–Kier alpha value is -2.74. The molecule has 0 bridgehead atoms. The Balaban J connectivity index is 1.64. The second-order valence-corrected chi connectivity index (χ2v) is 9.62. The number of halogens is 4. The minimum absolute atomic E-state index is 0.110. The van der Waals surface area contributed by atoms with Gasteiger partial charge in [0.15, 0.2) is 5.75 Å². The fourth-order valence-corrected chi connectivity index (χ4v) is 4.48. The van der Waals surface area contributed by atoms with Gasteiger partial charge in [-0.3, -0.25) is 4.79 Å².